The maximum absolute atomic E-state index is 12.5. The summed E-state index contributed by atoms with van der Waals surface area (Å²) < 4.78 is 26.9. The average Bonchev–Trinajstić information content (AvgIpc) is 2.65. The maximum atomic E-state index is 12.5. The molecule has 1 heterocycles. The van der Waals surface area contributed by atoms with E-state index < -0.39 is 21.9 Å². The Balaban J connectivity index is 3.09. The summed E-state index contributed by atoms with van der Waals surface area (Å²) in [5.74, 6) is -1.74. The van der Waals surface area contributed by atoms with Gasteiger partial charge in [-0.05, 0) is 28.9 Å². The largest absolute Gasteiger partial charge is 0.481 e. The van der Waals surface area contributed by atoms with E-state index in [-0.39, 0.29) is 18.0 Å². The van der Waals surface area contributed by atoms with Crippen molar-refractivity contribution in [1.29, 1.82) is 0 Å². The van der Waals surface area contributed by atoms with Crippen molar-refractivity contribution in [2.24, 2.45) is 5.92 Å². The Bertz CT molecular complexity index is 567. The molecule has 5 nitrogen and oxygen atoms in total. The molecule has 0 aliphatic carbocycles. The van der Waals surface area contributed by atoms with Crippen LogP contribution in [0, 0.1) is 12.8 Å². The van der Waals surface area contributed by atoms with Crippen molar-refractivity contribution >= 4 is 43.3 Å². The number of thiophene rings is 1. The van der Waals surface area contributed by atoms with Gasteiger partial charge >= 0.3 is 5.97 Å². The first-order valence-electron chi connectivity index (χ1n) is 5.69. The van der Waals surface area contributed by atoms with Gasteiger partial charge in [0.05, 0.1) is 14.6 Å². The Labute approximate surface area is 125 Å². The number of carboxylic acid groups (broad SMARTS) is 1. The van der Waals surface area contributed by atoms with E-state index in [9.17, 15) is 13.2 Å². The number of hydrogen-bond donors (Lipinski definition) is 1. The summed E-state index contributed by atoms with van der Waals surface area (Å²) in [7, 11) is -3.64. The van der Waals surface area contributed by atoms with Gasteiger partial charge in [-0.3, -0.25) is 4.79 Å². The average molecular weight is 370 g/mol. The number of rotatable bonds is 6. The second kappa shape index (κ2) is 6.34. The zero-order valence-electron chi connectivity index (χ0n) is 10.9. The summed E-state index contributed by atoms with van der Waals surface area (Å²) >= 11 is 4.61. The van der Waals surface area contributed by atoms with Gasteiger partial charge in [0.1, 0.15) is 0 Å². The highest BCUT2D eigenvalue weighted by Crippen LogP contribution is 2.31. The lowest BCUT2D eigenvalue weighted by atomic mass is 10.2. The third-order valence-electron chi connectivity index (χ3n) is 2.71. The molecule has 0 bridgehead atoms. The molecular formula is C11H16BrNO4S2. The molecule has 0 saturated heterocycles. The number of sulfonamides is 1. The van der Waals surface area contributed by atoms with Crippen molar-refractivity contribution in [3.05, 3.63) is 14.7 Å². The molecule has 0 fully saturated rings. The lowest BCUT2D eigenvalue weighted by Gasteiger charge is -2.22. The molecule has 0 amide bonds. The highest BCUT2D eigenvalue weighted by atomic mass is 79.9. The molecule has 0 radical (unpaired) electrons. The van der Waals surface area contributed by atoms with Crippen LogP contribution >= 0.6 is 27.3 Å². The van der Waals surface area contributed by atoms with Crippen LogP contribution in [0.1, 0.15) is 18.7 Å². The van der Waals surface area contributed by atoms with Crippen LogP contribution in [-0.2, 0) is 14.8 Å². The van der Waals surface area contributed by atoms with E-state index in [1.54, 1.807) is 19.9 Å². The zero-order valence-corrected chi connectivity index (χ0v) is 14.1. The van der Waals surface area contributed by atoms with Crippen LogP contribution in [0.4, 0.5) is 0 Å². The van der Waals surface area contributed by atoms with Crippen LogP contribution in [0.25, 0.3) is 0 Å². The maximum Gasteiger partial charge on any atom is 0.307 e. The fourth-order valence-electron chi connectivity index (χ4n) is 1.61. The van der Waals surface area contributed by atoms with Gasteiger partial charge in [-0.2, -0.15) is 4.31 Å². The molecule has 1 N–H and O–H groups in total. The van der Waals surface area contributed by atoms with Crippen LogP contribution in [0.2, 0.25) is 0 Å². The minimum Gasteiger partial charge on any atom is -0.481 e. The molecule has 0 spiro atoms. The predicted molar refractivity (Wildman–Crippen MR) is 78.0 cm³/mol. The van der Waals surface area contributed by atoms with E-state index in [1.807, 2.05) is 0 Å². The highest BCUT2D eigenvalue weighted by Gasteiger charge is 2.29. The predicted octanol–water partition coefficient (Wildman–Crippen LogP) is 2.55. The Morgan fingerprint density at radius 3 is 2.53 bits per heavy atom. The summed E-state index contributed by atoms with van der Waals surface area (Å²) in [6.07, 6.45) is 0. The molecule has 0 aromatic carbocycles. The molecule has 0 saturated carbocycles. The van der Waals surface area contributed by atoms with Crippen LogP contribution < -0.4 is 0 Å². The third kappa shape index (κ3) is 3.77. The van der Waals surface area contributed by atoms with Gasteiger partial charge in [0.15, 0.2) is 0 Å². The van der Waals surface area contributed by atoms with Crippen LogP contribution in [-0.4, -0.2) is 36.9 Å². The highest BCUT2D eigenvalue weighted by molar-refractivity contribution is 9.11. The smallest absolute Gasteiger partial charge is 0.307 e. The second-order valence-corrected chi connectivity index (χ2v) is 8.71. The summed E-state index contributed by atoms with van der Waals surface area (Å²) in [5.41, 5.74) is 0. The molecule has 108 valence electrons. The summed E-state index contributed by atoms with van der Waals surface area (Å²) in [5, 5.41) is 8.89. The molecule has 0 aliphatic rings. The van der Waals surface area contributed by atoms with Crippen molar-refractivity contribution < 1.29 is 18.3 Å². The first-order chi connectivity index (χ1) is 8.70. The number of carbonyl (C=O) groups is 1. The Morgan fingerprint density at radius 2 is 2.16 bits per heavy atom. The number of nitrogens with zero attached hydrogens (tertiary/aromatic N) is 1. The van der Waals surface area contributed by atoms with Crippen LogP contribution in [0.15, 0.2) is 14.7 Å². The van der Waals surface area contributed by atoms with Gasteiger partial charge in [0.2, 0.25) is 10.0 Å². The van der Waals surface area contributed by atoms with Crippen molar-refractivity contribution in [2.45, 2.75) is 25.7 Å². The SMILES string of the molecule is CCN(CC(C)C(=O)O)S(=O)(=O)c1cc(Br)sc1C. The van der Waals surface area contributed by atoms with Gasteiger partial charge in [0.25, 0.3) is 0 Å². The van der Waals surface area contributed by atoms with Gasteiger partial charge < -0.3 is 5.11 Å². The first kappa shape index (κ1) is 16.6. The summed E-state index contributed by atoms with van der Waals surface area (Å²) in [6, 6.07) is 1.56. The Morgan fingerprint density at radius 1 is 1.58 bits per heavy atom. The Hall–Kier alpha value is -0.440. The van der Waals surface area contributed by atoms with Gasteiger partial charge in [0, 0.05) is 18.0 Å². The summed E-state index contributed by atoms with van der Waals surface area (Å²) in [6.45, 7) is 5.14. The summed E-state index contributed by atoms with van der Waals surface area (Å²) in [4.78, 5) is 11.8. The zero-order chi connectivity index (χ0) is 14.8. The molecule has 1 rings (SSSR count). The normalized spacial score (nSPS) is 13.7. The third-order valence-corrected chi connectivity index (χ3v) is 6.46. The van der Waals surface area contributed by atoms with Crippen molar-refractivity contribution in [1.82, 2.24) is 4.31 Å². The number of hydrogen-bond acceptors (Lipinski definition) is 4. The molecule has 8 heteroatoms. The second-order valence-electron chi connectivity index (χ2n) is 4.17. The van der Waals surface area contributed by atoms with E-state index in [0.717, 1.165) is 3.79 Å². The lowest BCUT2D eigenvalue weighted by Crippen LogP contribution is -2.36. The molecular weight excluding hydrogens is 354 g/mol. The van der Waals surface area contributed by atoms with E-state index >= 15 is 0 Å². The Kier molecular flexibility index (Phi) is 5.54. The minimum absolute atomic E-state index is 0.0267. The van der Waals surface area contributed by atoms with E-state index in [1.165, 1.54) is 22.6 Å². The van der Waals surface area contributed by atoms with E-state index in [4.69, 9.17) is 5.11 Å². The number of carboxylic acids is 1. The van der Waals surface area contributed by atoms with Crippen LogP contribution in [0.3, 0.4) is 0 Å². The van der Waals surface area contributed by atoms with Crippen molar-refractivity contribution in [3.63, 3.8) is 0 Å². The van der Waals surface area contributed by atoms with E-state index in [0.29, 0.717) is 4.88 Å². The van der Waals surface area contributed by atoms with E-state index in [2.05, 4.69) is 15.9 Å². The van der Waals surface area contributed by atoms with Gasteiger partial charge in [-0.25, -0.2) is 8.42 Å². The van der Waals surface area contributed by atoms with Gasteiger partial charge in [-0.15, -0.1) is 11.3 Å². The number of aliphatic carboxylic acids is 1. The van der Waals surface area contributed by atoms with Crippen molar-refractivity contribution in [3.8, 4) is 0 Å². The molecule has 1 aromatic heterocycles. The minimum atomic E-state index is -3.64. The standard InChI is InChI=1S/C11H16BrNO4S2/c1-4-13(6-7(2)11(14)15)19(16,17)9-5-10(12)18-8(9)3/h5,7H,4,6H2,1-3H3,(H,14,15). The fraction of sp³-hybridized carbons (Fsp3) is 0.545. The monoisotopic (exact) mass is 369 g/mol. The molecule has 1 atom stereocenters. The van der Waals surface area contributed by atoms with Crippen molar-refractivity contribution in [2.75, 3.05) is 13.1 Å². The molecule has 0 aliphatic heterocycles. The molecule has 19 heavy (non-hydrogen) atoms. The molecule has 1 unspecified atom stereocenters. The number of halogens is 1. The quantitative estimate of drug-likeness (QED) is 0.835. The number of aryl methyl sites for hydroxylation is 1. The first-order valence-corrected chi connectivity index (χ1v) is 8.74. The lowest BCUT2D eigenvalue weighted by molar-refractivity contribution is -0.141. The fourth-order valence-corrected chi connectivity index (χ4v) is 5.53. The molecule has 1 aromatic rings. The van der Waals surface area contributed by atoms with Crippen LogP contribution in [0.5, 0.6) is 0 Å². The van der Waals surface area contributed by atoms with Gasteiger partial charge in [-0.1, -0.05) is 13.8 Å². The topological polar surface area (TPSA) is 74.7 Å².